The van der Waals surface area contributed by atoms with E-state index in [4.69, 9.17) is 9.47 Å². The molecular formula is C23H27FN2O5S. The number of nitrogens with one attached hydrogen (secondary N) is 1. The van der Waals surface area contributed by atoms with E-state index in [2.05, 4.69) is 5.32 Å². The third-order valence-corrected chi connectivity index (χ3v) is 7.80. The molecule has 0 radical (unpaired) electrons. The number of benzene rings is 2. The number of fused-ring (bicyclic) bond motifs is 1. The Labute approximate surface area is 187 Å². The molecule has 0 aliphatic carbocycles. The molecule has 2 aliphatic heterocycles. The first kappa shape index (κ1) is 22.5. The Morgan fingerprint density at radius 1 is 1.06 bits per heavy atom. The molecular weight excluding hydrogens is 435 g/mol. The minimum absolute atomic E-state index is 0.116. The molecule has 32 heavy (non-hydrogen) atoms. The van der Waals surface area contributed by atoms with Gasteiger partial charge in [0.25, 0.3) is 0 Å². The highest BCUT2D eigenvalue weighted by Gasteiger charge is 2.33. The topological polar surface area (TPSA) is 84.9 Å². The predicted molar refractivity (Wildman–Crippen MR) is 116 cm³/mol. The molecule has 9 heteroatoms. The third kappa shape index (κ3) is 4.88. The van der Waals surface area contributed by atoms with Crippen LogP contribution in [0.2, 0.25) is 0 Å². The molecule has 1 N–H and O–H groups in total. The van der Waals surface area contributed by atoms with Crippen LogP contribution < -0.4 is 14.8 Å². The molecule has 1 fully saturated rings. The Morgan fingerprint density at radius 2 is 1.72 bits per heavy atom. The zero-order chi connectivity index (χ0) is 22.7. The molecule has 0 aromatic heterocycles. The van der Waals surface area contributed by atoms with Crippen molar-refractivity contribution in [3.05, 3.63) is 53.8 Å². The lowest BCUT2D eigenvalue weighted by Gasteiger charge is -2.31. The van der Waals surface area contributed by atoms with Crippen molar-refractivity contribution in [2.45, 2.75) is 37.1 Å². The van der Waals surface area contributed by atoms with E-state index in [0.717, 1.165) is 12.0 Å². The number of ether oxygens (including phenoxy) is 2. The first-order valence-electron chi connectivity index (χ1n) is 10.8. The van der Waals surface area contributed by atoms with Crippen LogP contribution in [0, 0.1) is 11.7 Å². The van der Waals surface area contributed by atoms with Gasteiger partial charge in [0.1, 0.15) is 5.82 Å². The summed E-state index contributed by atoms with van der Waals surface area (Å²) in [6, 6.07) is 10.4. The molecule has 0 spiro atoms. The van der Waals surface area contributed by atoms with Crippen molar-refractivity contribution in [2.75, 3.05) is 26.3 Å². The average molecular weight is 463 g/mol. The fraction of sp³-hybridized carbons (Fsp3) is 0.435. The number of hydrogen-bond acceptors (Lipinski definition) is 5. The summed E-state index contributed by atoms with van der Waals surface area (Å²) in [5.41, 5.74) is 0.814. The first-order valence-corrected chi connectivity index (χ1v) is 12.2. The van der Waals surface area contributed by atoms with E-state index >= 15 is 0 Å². The van der Waals surface area contributed by atoms with Crippen LogP contribution in [0.25, 0.3) is 0 Å². The van der Waals surface area contributed by atoms with Gasteiger partial charge in [0.05, 0.1) is 24.2 Å². The zero-order valence-corrected chi connectivity index (χ0v) is 18.7. The number of halogens is 1. The van der Waals surface area contributed by atoms with Gasteiger partial charge in [0, 0.05) is 31.5 Å². The van der Waals surface area contributed by atoms with Gasteiger partial charge in [-0.15, -0.1) is 0 Å². The van der Waals surface area contributed by atoms with Gasteiger partial charge in [-0.1, -0.05) is 12.1 Å². The van der Waals surface area contributed by atoms with Crippen molar-refractivity contribution in [1.82, 2.24) is 9.62 Å². The van der Waals surface area contributed by atoms with Crippen LogP contribution in [-0.2, 0) is 14.8 Å². The second-order valence-corrected chi connectivity index (χ2v) is 10.1. The molecule has 1 saturated heterocycles. The number of carbonyl (C=O) groups excluding carboxylic acids is 1. The maximum atomic E-state index is 13.1. The summed E-state index contributed by atoms with van der Waals surface area (Å²) in [5, 5.41) is 2.95. The van der Waals surface area contributed by atoms with Crippen molar-refractivity contribution < 1.29 is 27.1 Å². The van der Waals surface area contributed by atoms with Gasteiger partial charge >= 0.3 is 0 Å². The van der Waals surface area contributed by atoms with Gasteiger partial charge in [-0.25, -0.2) is 12.8 Å². The van der Waals surface area contributed by atoms with Gasteiger partial charge in [0.15, 0.2) is 11.5 Å². The van der Waals surface area contributed by atoms with E-state index in [1.807, 2.05) is 6.92 Å². The smallest absolute Gasteiger partial charge is 0.243 e. The quantitative estimate of drug-likeness (QED) is 0.737. The van der Waals surface area contributed by atoms with E-state index in [-0.39, 0.29) is 41.7 Å². The van der Waals surface area contributed by atoms with Gasteiger partial charge in [-0.05, 0) is 49.6 Å². The van der Waals surface area contributed by atoms with E-state index in [1.54, 1.807) is 18.2 Å². The van der Waals surface area contributed by atoms with Crippen molar-refractivity contribution >= 4 is 15.9 Å². The minimum Gasteiger partial charge on any atom is -0.490 e. The van der Waals surface area contributed by atoms with Crippen LogP contribution in [-0.4, -0.2) is 44.9 Å². The highest BCUT2D eigenvalue weighted by atomic mass is 32.2. The van der Waals surface area contributed by atoms with Gasteiger partial charge in [-0.3, -0.25) is 4.79 Å². The molecule has 7 nitrogen and oxygen atoms in total. The second kappa shape index (κ2) is 9.46. The number of amides is 1. The Hall–Kier alpha value is -2.65. The molecule has 4 rings (SSSR count). The molecule has 2 heterocycles. The van der Waals surface area contributed by atoms with Crippen LogP contribution >= 0.6 is 0 Å². The summed E-state index contributed by atoms with van der Waals surface area (Å²) in [5.74, 6) is 0.275. The maximum Gasteiger partial charge on any atom is 0.243 e. The number of rotatable bonds is 5. The van der Waals surface area contributed by atoms with E-state index in [9.17, 15) is 17.6 Å². The lowest BCUT2D eigenvalue weighted by atomic mass is 9.96. The second-order valence-electron chi connectivity index (χ2n) is 8.12. The molecule has 1 atom stereocenters. The summed E-state index contributed by atoms with van der Waals surface area (Å²) in [6.45, 7) is 3.39. The Morgan fingerprint density at radius 3 is 2.41 bits per heavy atom. The fourth-order valence-electron chi connectivity index (χ4n) is 3.98. The summed E-state index contributed by atoms with van der Waals surface area (Å²) in [4.78, 5) is 12.8. The molecule has 0 unspecified atom stereocenters. The van der Waals surface area contributed by atoms with Crippen LogP contribution in [0.3, 0.4) is 0 Å². The lowest BCUT2D eigenvalue weighted by molar-refractivity contribution is -0.126. The van der Waals surface area contributed by atoms with Crippen molar-refractivity contribution in [3.8, 4) is 11.5 Å². The Bertz CT molecular complexity index is 1070. The standard InChI is InChI=1S/C23H27FN2O5S/c1-16(17-3-5-19(24)6-4-17)25-23(27)18-9-11-26(12-10-18)32(28,29)20-7-8-21-22(15-20)31-14-2-13-30-21/h3-8,15-16,18H,2,9-14H2,1H3,(H,25,27)/t16-/m1/s1. The van der Waals surface area contributed by atoms with E-state index < -0.39 is 10.0 Å². The molecule has 172 valence electrons. The fourth-order valence-corrected chi connectivity index (χ4v) is 5.46. The number of hydrogen-bond donors (Lipinski definition) is 1. The summed E-state index contributed by atoms with van der Waals surface area (Å²) >= 11 is 0. The monoisotopic (exact) mass is 462 g/mol. The van der Waals surface area contributed by atoms with Gasteiger partial charge in [-0.2, -0.15) is 4.31 Å². The van der Waals surface area contributed by atoms with Crippen LogP contribution in [0.1, 0.15) is 37.8 Å². The normalized spacial score (nSPS) is 18.6. The number of nitrogens with zero attached hydrogens (tertiary/aromatic N) is 1. The molecule has 2 aliphatic rings. The van der Waals surface area contributed by atoms with Crippen molar-refractivity contribution in [2.24, 2.45) is 5.92 Å². The average Bonchev–Trinajstić information content (AvgIpc) is 3.04. The highest BCUT2D eigenvalue weighted by Crippen LogP contribution is 2.34. The summed E-state index contributed by atoms with van der Waals surface area (Å²) in [6.07, 6.45) is 1.61. The van der Waals surface area contributed by atoms with Crippen LogP contribution in [0.4, 0.5) is 4.39 Å². The predicted octanol–water partition coefficient (Wildman–Crippen LogP) is 3.27. The Kier molecular flexibility index (Phi) is 6.66. The largest absolute Gasteiger partial charge is 0.490 e. The number of sulfonamides is 1. The van der Waals surface area contributed by atoms with Gasteiger partial charge < -0.3 is 14.8 Å². The molecule has 0 saturated carbocycles. The van der Waals surface area contributed by atoms with Crippen LogP contribution in [0.5, 0.6) is 11.5 Å². The summed E-state index contributed by atoms with van der Waals surface area (Å²) < 4.78 is 52.0. The van der Waals surface area contributed by atoms with E-state index in [0.29, 0.717) is 37.6 Å². The number of carbonyl (C=O) groups is 1. The summed E-state index contributed by atoms with van der Waals surface area (Å²) in [7, 11) is -3.70. The number of piperidine rings is 1. The first-order chi connectivity index (χ1) is 15.3. The molecule has 1 amide bonds. The Balaban J connectivity index is 1.37. The highest BCUT2D eigenvalue weighted by molar-refractivity contribution is 7.89. The lowest BCUT2D eigenvalue weighted by Crippen LogP contribution is -2.43. The minimum atomic E-state index is -3.70. The SMILES string of the molecule is C[C@@H](NC(=O)C1CCN(S(=O)(=O)c2ccc3c(c2)OCCCO3)CC1)c1ccc(F)cc1. The van der Waals surface area contributed by atoms with Crippen molar-refractivity contribution in [1.29, 1.82) is 0 Å². The maximum absolute atomic E-state index is 13.1. The van der Waals surface area contributed by atoms with Crippen LogP contribution in [0.15, 0.2) is 47.4 Å². The van der Waals surface area contributed by atoms with E-state index in [1.165, 1.54) is 28.6 Å². The van der Waals surface area contributed by atoms with Crippen molar-refractivity contribution in [3.63, 3.8) is 0 Å². The molecule has 2 aromatic carbocycles. The molecule has 0 bridgehead atoms. The molecule has 2 aromatic rings. The van der Waals surface area contributed by atoms with Gasteiger partial charge in [0.2, 0.25) is 15.9 Å². The zero-order valence-electron chi connectivity index (χ0n) is 17.9. The third-order valence-electron chi connectivity index (χ3n) is 5.91.